The van der Waals surface area contributed by atoms with Gasteiger partial charge < -0.3 is 21.1 Å². The van der Waals surface area contributed by atoms with E-state index in [1.165, 1.54) is 7.11 Å². The smallest absolute Gasteiger partial charge is 0.253 e. The number of nitrogens with one attached hydrogen (secondary N) is 2. The number of amides is 2. The highest BCUT2D eigenvalue weighted by Gasteiger charge is 2.24. The van der Waals surface area contributed by atoms with Crippen molar-refractivity contribution in [2.24, 2.45) is 0 Å². The molecule has 0 spiro atoms. The maximum atomic E-state index is 12.0. The molecule has 0 radical (unpaired) electrons. The zero-order valence-electron chi connectivity index (χ0n) is 10.0. The number of ether oxygens (including phenoxy) is 1. The molecule has 6 heteroatoms. The Hall–Kier alpha value is -2.24. The van der Waals surface area contributed by atoms with Crippen molar-refractivity contribution in [3.63, 3.8) is 0 Å². The lowest BCUT2D eigenvalue weighted by Gasteiger charge is -2.12. The van der Waals surface area contributed by atoms with Crippen molar-refractivity contribution in [1.82, 2.24) is 10.6 Å². The summed E-state index contributed by atoms with van der Waals surface area (Å²) in [5, 5.41) is 5.41. The Morgan fingerprint density at radius 3 is 2.94 bits per heavy atom. The number of hydrogen-bond donors (Lipinski definition) is 3. The number of rotatable bonds is 3. The Morgan fingerprint density at radius 1 is 1.56 bits per heavy atom. The van der Waals surface area contributed by atoms with E-state index in [0.717, 1.165) is 0 Å². The first-order chi connectivity index (χ1) is 8.60. The van der Waals surface area contributed by atoms with Gasteiger partial charge in [-0.1, -0.05) is 0 Å². The van der Waals surface area contributed by atoms with E-state index in [4.69, 9.17) is 10.5 Å². The molecule has 0 bridgehead atoms. The molecule has 1 fully saturated rings. The molecule has 0 aliphatic carbocycles. The summed E-state index contributed by atoms with van der Waals surface area (Å²) in [5.41, 5.74) is 6.48. The lowest BCUT2D eigenvalue weighted by atomic mass is 10.1. The van der Waals surface area contributed by atoms with Gasteiger partial charge in [0.1, 0.15) is 5.75 Å². The first-order valence-electron chi connectivity index (χ1n) is 5.61. The summed E-state index contributed by atoms with van der Waals surface area (Å²) >= 11 is 0. The summed E-state index contributed by atoms with van der Waals surface area (Å²) in [6.07, 6.45) is 0.301. The monoisotopic (exact) mass is 249 g/mol. The van der Waals surface area contributed by atoms with Crippen LogP contribution in [0.25, 0.3) is 0 Å². The van der Waals surface area contributed by atoms with E-state index < -0.39 is 0 Å². The number of nitrogens with two attached hydrogens (primary N) is 1. The summed E-state index contributed by atoms with van der Waals surface area (Å²) in [5.74, 6) is 0.210. The number of carbonyl (C=O) groups excluding carboxylic acids is 2. The van der Waals surface area contributed by atoms with E-state index >= 15 is 0 Å². The van der Waals surface area contributed by atoms with Crippen LogP contribution in [0.4, 0.5) is 5.69 Å². The van der Waals surface area contributed by atoms with E-state index in [1.807, 2.05) is 0 Å². The highest BCUT2D eigenvalue weighted by atomic mass is 16.5. The largest absolute Gasteiger partial charge is 0.497 e. The van der Waals surface area contributed by atoms with E-state index in [9.17, 15) is 9.59 Å². The van der Waals surface area contributed by atoms with Gasteiger partial charge in [0.05, 0.1) is 18.7 Å². The second kappa shape index (κ2) is 4.95. The van der Waals surface area contributed by atoms with Crippen LogP contribution in [-0.2, 0) is 4.79 Å². The molecule has 18 heavy (non-hydrogen) atoms. The molecule has 1 heterocycles. The molecule has 0 aromatic heterocycles. The van der Waals surface area contributed by atoms with Crippen LogP contribution in [0.2, 0.25) is 0 Å². The average Bonchev–Trinajstić information content (AvgIpc) is 2.75. The predicted molar refractivity (Wildman–Crippen MR) is 66.3 cm³/mol. The summed E-state index contributed by atoms with van der Waals surface area (Å²) in [4.78, 5) is 23.0. The van der Waals surface area contributed by atoms with Crippen molar-refractivity contribution in [3.05, 3.63) is 23.8 Å². The van der Waals surface area contributed by atoms with Crippen molar-refractivity contribution in [2.45, 2.75) is 12.5 Å². The van der Waals surface area contributed by atoms with Gasteiger partial charge in [0.25, 0.3) is 5.91 Å². The Balaban J connectivity index is 2.10. The molecule has 1 atom stereocenters. The standard InChI is InChI=1S/C12H15N3O3/c1-18-8-2-3-10(13)9(5-8)12(17)15-7-4-11(16)14-6-7/h2-3,5,7H,4,6,13H2,1H3,(H,14,16)(H,15,17). The van der Waals surface area contributed by atoms with Gasteiger partial charge >= 0.3 is 0 Å². The van der Waals surface area contributed by atoms with Gasteiger partial charge in [-0.25, -0.2) is 0 Å². The number of benzene rings is 1. The minimum absolute atomic E-state index is 0.0566. The van der Waals surface area contributed by atoms with Crippen LogP contribution in [0.15, 0.2) is 18.2 Å². The molecule has 1 aromatic carbocycles. The lowest BCUT2D eigenvalue weighted by molar-refractivity contribution is -0.119. The Bertz CT molecular complexity index is 487. The van der Waals surface area contributed by atoms with Crippen LogP contribution in [0.5, 0.6) is 5.75 Å². The zero-order chi connectivity index (χ0) is 13.1. The van der Waals surface area contributed by atoms with Crippen molar-refractivity contribution in [1.29, 1.82) is 0 Å². The number of nitrogen functional groups attached to an aromatic ring is 1. The Morgan fingerprint density at radius 2 is 2.33 bits per heavy atom. The van der Waals surface area contributed by atoms with Gasteiger partial charge in [-0.05, 0) is 18.2 Å². The SMILES string of the molecule is COc1ccc(N)c(C(=O)NC2CNC(=O)C2)c1. The molecule has 1 aliphatic rings. The lowest BCUT2D eigenvalue weighted by Crippen LogP contribution is -2.36. The molecule has 96 valence electrons. The molecule has 2 rings (SSSR count). The maximum absolute atomic E-state index is 12.0. The molecular weight excluding hydrogens is 234 g/mol. The number of hydrogen-bond acceptors (Lipinski definition) is 4. The fraction of sp³-hybridized carbons (Fsp3) is 0.333. The van der Waals surface area contributed by atoms with Crippen LogP contribution >= 0.6 is 0 Å². The quantitative estimate of drug-likeness (QED) is 0.652. The van der Waals surface area contributed by atoms with Crippen LogP contribution in [0, 0.1) is 0 Å². The molecule has 2 amide bonds. The van der Waals surface area contributed by atoms with Crippen LogP contribution in [-0.4, -0.2) is 31.5 Å². The van der Waals surface area contributed by atoms with Gasteiger partial charge in [-0.15, -0.1) is 0 Å². The first-order valence-corrected chi connectivity index (χ1v) is 5.61. The third-order valence-corrected chi connectivity index (χ3v) is 2.82. The zero-order valence-corrected chi connectivity index (χ0v) is 10.0. The topological polar surface area (TPSA) is 93.4 Å². The minimum atomic E-state index is -0.298. The third kappa shape index (κ3) is 2.53. The molecule has 1 unspecified atom stereocenters. The number of anilines is 1. The van der Waals surface area contributed by atoms with E-state index in [0.29, 0.717) is 30.0 Å². The summed E-state index contributed by atoms with van der Waals surface area (Å²) < 4.78 is 5.05. The first kappa shape index (κ1) is 12.2. The van der Waals surface area contributed by atoms with Crippen molar-refractivity contribution in [3.8, 4) is 5.75 Å². The fourth-order valence-electron chi connectivity index (χ4n) is 1.83. The molecule has 0 saturated carbocycles. The minimum Gasteiger partial charge on any atom is -0.497 e. The summed E-state index contributed by atoms with van der Waals surface area (Å²) in [7, 11) is 1.52. The number of carbonyl (C=O) groups is 2. The van der Waals surface area contributed by atoms with Crippen molar-refractivity contribution >= 4 is 17.5 Å². The maximum Gasteiger partial charge on any atom is 0.253 e. The van der Waals surface area contributed by atoms with Crippen LogP contribution in [0.1, 0.15) is 16.8 Å². The highest BCUT2D eigenvalue weighted by molar-refractivity contribution is 6.00. The second-order valence-corrected chi connectivity index (χ2v) is 4.13. The molecular formula is C12H15N3O3. The van der Waals surface area contributed by atoms with E-state index in [1.54, 1.807) is 18.2 Å². The molecule has 1 aliphatic heterocycles. The molecule has 4 N–H and O–H groups in total. The third-order valence-electron chi connectivity index (χ3n) is 2.82. The molecule has 6 nitrogen and oxygen atoms in total. The van der Waals surface area contributed by atoms with Gasteiger partial charge in [0, 0.05) is 18.7 Å². The number of methoxy groups -OCH3 is 1. The Kier molecular flexibility index (Phi) is 3.36. The van der Waals surface area contributed by atoms with Crippen molar-refractivity contribution < 1.29 is 14.3 Å². The average molecular weight is 249 g/mol. The Labute approximate surface area is 104 Å². The van der Waals surface area contributed by atoms with Gasteiger partial charge in [0.15, 0.2) is 0 Å². The highest BCUT2D eigenvalue weighted by Crippen LogP contribution is 2.19. The van der Waals surface area contributed by atoms with Crippen molar-refractivity contribution in [2.75, 3.05) is 19.4 Å². The van der Waals surface area contributed by atoms with Gasteiger partial charge in [-0.3, -0.25) is 9.59 Å². The molecule has 1 saturated heterocycles. The van der Waals surface area contributed by atoms with E-state index in [2.05, 4.69) is 10.6 Å². The molecule has 1 aromatic rings. The van der Waals surface area contributed by atoms with Gasteiger partial charge in [-0.2, -0.15) is 0 Å². The normalized spacial score (nSPS) is 18.3. The summed E-state index contributed by atoms with van der Waals surface area (Å²) in [6.45, 7) is 0.453. The van der Waals surface area contributed by atoms with Crippen LogP contribution < -0.4 is 21.1 Å². The second-order valence-electron chi connectivity index (χ2n) is 4.13. The van der Waals surface area contributed by atoms with E-state index in [-0.39, 0.29) is 17.9 Å². The van der Waals surface area contributed by atoms with Crippen LogP contribution in [0.3, 0.4) is 0 Å². The fourth-order valence-corrected chi connectivity index (χ4v) is 1.83. The predicted octanol–water partition coefficient (Wildman–Crippen LogP) is -0.104. The summed E-state index contributed by atoms with van der Waals surface area (Å²) in [6, 6.07) is 4.70. The van der Waals surface area contributed by atoms with Gasteiger partial charge in [0.2, 0.25) is 5.91 Å².